The third-order valence-corrected chi connectivity index (χ3v) is 3.63. The molecule has 1 heterocycles. The van der Waals surface area contributed by atoms with E-state index in [0.717, 1.165) is 13.1 Å². The zero-order chi connectivity index (χ0) is 13.5. The Morgan fingerprint density at radius 1 is 1.26 bits per heavy atom. The molecule has 2 rings (SSSR count). The number of likely N-dealkylation sites (tertiary alicyclic amines) is 1. The zero-order valence-corrected chi connectivity index (χ0v) is 11.3. The predicted octanol–water partition coefficient (Wildman–Crippen LogP) is 1.29. The van der Waals surface area contributed by atoms with Crippen molar-refractivity contribution >= 4 is 5.91 Å². The van der Waals surface area contributed by atoms with E-state index in [-0.39, 0.29) is 11.9 Å². The minimum atomic E-state index is 0.0441. The molecule has 1 unspecified atom stereocenters. The average Bonchev–Trinajstić information content (AvgIpc) is 2.94. The largest absolute Gasteiger partial charge is 0.354 e. The van der Waals surface area contributed by atoms with Gasteiger partial charge in [0.2, 0.25) is 5.91 Å². The summed E-state index contributed by atoms with van der Waals surface area (Å²) in [7, 11) is 0. The van der Waals surface area contributed by atoms with Crippen molar-refractivity contribution in [1.29, 1.82) is 0 Å². The van der Waals surface area contributed by atoms with Gasteiger partial charge in [-0.25, -0.2) is 0 Å². The van der Waals surface area contributed by atoms with Crippen molar-refractivity contribution in [3.8, 4) is 0 Å². The van der Waals surface area contributed by atoms with Crippen LogP contribution in [0.2, 0.25) is 0 Å². The zero-order valence-electron chi connectivity index (χ0n) is 11.3. The Balaban J connectivity index is 2.00. The number of rotatable bonds is 6. The summed E-state index contributed by atoms with van der Waals surface area (Å²) in [4.78, 5) is 14.0. The number of nitrogens with one attached hydrogen (secondary N) is 1. The molecule has 4 nitrogen and oxygen atoms in total. The molecule has 1 amide bonds. The Morgan fingerprint density at radius 2 is 1.95 bits per heavy atom. The van der Waals surface area contributed by atoms with Crippen molar-refractivity contribution < 1.29 is 4.79 Å². The second kappa shape index (κ2) is 7.26. The van der Waals surface area contributed by atoms with Crippen molar-refractivity contribution in [3.63, 3.8) is 0 Å². The van der Waals surface area contributed by atoms with E-state index in [1.165, 1.54) is 18.4 Å². The number of carbonyl (C=O) groups is 1. The first kappa shape index (κ1) is 14.0. The summed E-state index contributed by atoms with van der Waals surface area (Å²) in [5.74, 6) is 0.0441. The highest BCUT2D eigenvalue weighted by Gasteiger charge is 2.23. The number of nitrogens with two attached hydrogens (primary N) is 1. The van der Waals surface area contributed by atoms with E-state index in [1.54, 1.807) is 0 Å². The number of benzene rings is 1. The van der Waals surface area contributed by atoms with Crippen LogP contribution >= 0.6 is 0 Å². The summed E-state index contributed by atoms with van der Waals surface area (Å²) in [5.41, 5.74) is 6.67. The molecule has 0 radical (unpaired) electrons. The van der Waals surface area contributed by atoms with Gasteiger partial charge in [0.1, 0.15) is 0 Å². The highest BCUT2D eigenvalue weighted by molar-refractivity contribution is 5.76. The molecule has 4 heteroatoms. The smallest absolute Gasteiger partial charge is 0.221 e. The van der Waals surface area contributed by atoms with Crippen LogP contribution in [-0.2, 0) is 4.79 Å². The van der Waals surface area contributed by atoms with E-state index in [2.05, 4.69) is 34.5 Å². The molecule has 1 aromatic rings. The maximum absolute atomic E-state index is 11.6. The molecular formula is C15H23N3O. The fourth-order valence-electron chi connectivity index (χ4n) is 2.62. The molecule has 104 valence electrons. The number of hydrogen-bond donors (Lipinski definition) is 2. The molecule has 0 aromatic heterocycles. The van der Waals surface area contributed by atoms with Crippen LogP contribution in [0.25, 0.3) is 0 Å². The van der Waals surface area contributed by atoms with Crippen LogP contribution < -0.4 is 11.1 Å². The lowest BCUT2D eigenvalue weighted by atomic mass is 10.1. The van der Waals surface area contributed by atoms with Crippen LogP contribution in [0, 0.1) is 0 Å². The summed E-state index contributed by atoms with van der Waals surface area (Å²) in [6, 6.07) is 10.7. The molecule has 0 bridgehead atoms. The molecule has 0 aliphatic carbocycles. The molecule has 19 heavy (non-hydrogen) atoms. The Labute approximate surface area is 115 Å². The maximum Gasteiger partial charge on any atom is 0.221 e. The molecule has 1 aliphatic rings. The normalized spacial score (nSPS) is 17.3. The molecule has 3 N–H and O–H groups in total. The molecule has 1 aromatic carbocycles. The maximum atomic E-state index is 11.6. The van der Waals surface area contributed by atoms with E-state index in [9.17, 15) is 4.79 Å². The number of carbonyl (C=O) groups excluding carboxylic acids is 1. The topological polar surface area (TPSA) is 58.4 Å². The van der Waals surface area contributed by atoms with Crippen LogP contribution in [0.3, 0.4) is 0 Å². The Morgan fingerprint density at radius 3 is 2.58 bits per heavy atom. The van der Waals surface area contributed by atoms with E-state index in [1.807, 2.05) is 6.07 Å². The van der Waals surface area contributed by atoms with Crippen LogP contribution in [0.15, 0.2) is 30.3 Å². The molecule has 1 saturated heterocycles. The van der Waals surface area contributed by atoms with Gasteiger partial charge < -0.3 is 11.1 Å². The summed E-state index contributed by atoms with van der Waals surface area (Å²) in [5, 5.41) is 3.00. The van der Waals surface area contributed by atoms with Gasteiger partial charge in [-0.05, 0) is 31.5 Å². The van der Waals surface area contributed by atoms with E-state index in [0.29, 0.717) is 19.5 Å². The molecule has 1 fully saturated rings. The lowest BCUT2D eigenvalue weighted by Gasteiger charge is -2.28. The molecule has 0 saturated carbocycles. The highest BCUT2D eigenvalue weighted by Crippen LogP contribution is 2.24. The number of nitrogens with zero attached hydrogens (tertiary/aromatic N) is 1. The lowest BCUT2D eigenvalue weighted by Crippen LogP contribution is -2.37. The van der Waals surface area contributed by atoms with Gasteiger partial charge in [0.15, 0.2) is 0 Å². The van der Waals surface area contributed by atoms with Crippen molar-refractivity contribution in [3.05, 3.63) is 35.9 Å². The van der Waals surface area contributed by atoms with Crippen LogP contribution in [-0.4, -0.2) is 37.0 Å². The minimum absolute atomic E-state index is 0.0441. The summed E-state index contributed by atoms with van der Waals surface area (Å²) >= 11 is 0. The van der Waals surface area contributed by atoms with Gasteiger partial charge in [0.05, 0.1) is 6.04 Å². The fraction of sp³-hybridized carbons (Fsp3) is 0.533. The predicted molar refractivity (Wildman–Crippen MR) is 76.7 cm³/mol. The first-order valence-electron chi connectivity index (χ1n) is 7.07. The van der Waals surface area contributed by atoms with Crippen LogP contribution in [0.1, 0.15) is 30.9 Å². The minimum Gasteiger partial charge on any atom is -0.354 e. The highest BCUT2D eigenvalue weighted by atomic mass is 16.1. The fourth-order valence-corrected chi connectivity index (χ4v) is 2.62. The Kier molecular flexibility index (Phi) is 5.36. The first-order valence-corrected chi connectivity index (χ1v) is 7.07. The second-order valence-corrected chi connectivity index (χ2v) is 5.01. The van der Waals surface area contributed by atoms with Gasteiger partial charge in [0.25, 0.3) is 0 Å². The van der Waals surface area contributed by atoms with Crippen molar-refractivity contribution in [1.82, 2.24) is 10.2 Å². The SMILES string of the molecule is NCCC(=O)NCC(c1ccccc1)N1CCCC1. The molecule has 1 atom stereocenters. The summed E-state index contributed by atoms with van der Waals surface area (Å²) < 4.78 is 0. The molecule has 0 spiro atoms. The van der Waals surface area contributed by atoms with E-state index >= 15 is 0 Å². The Bertz CT molecular complexity index is 388. The first-order chi connectivity index (χ1) is 9.31. The monoisotopic (exact) mass is 261 g/mol. The van der Waals surface area contributed by atoms with Gasteiger partial charge in [-0.1, -0.05) is 30.3 Å². The quantitative estimate of drug-likeness (QED) is 0.811. The second-order valence-electron chi connectivity index (χ2n) is 5.01. The van der Waals surface area contributed by atoms with Crippen molar-refractivity contribution in [2.45, 2.75) is 25.3 Å². The summed E-state index contributed by atoms with van der Waals surface area (Å²) in [6.07, 6.45) is 2.90. The third kappa shape index (κ3) is 4.04. The van der Waals surface area contributed by atoms with Gasteiger partial charge >= 0.3 is 0 Å². The molecular weight excluding hydrogens is 238 g/mol. The number of hydrogen-bond acceptors (Lipinski definition) is 3. The summed E-state index contributed by atoms with van der Waals surface area (Å²) in [6.45, 7) is 3.31. The van der Waals surface area contributed by atoms with E-state index in [4.69, 9.17) is 5.73 Å². The third-order valence-electron chi connectivity index (χ3n) is 3.63. The van der Waals surface area contributed by atoms with Gasteiger partial charge in [-0.2, -0.15) is 0 Å². The standard InChI is InChI=1S/C15H23N3O/c16-9-8-15(19)17-12-14(18-10-4-5-11-18)13-6-2-1-3-7-13/h1-3,6-7,14H,4-5,8-12,16H2,(H,17,19). The van der Waals surface area contributed by atoms with Gasteiger partial charge in [0, 0.05) is 19.5 Å². The van der Waals surface area contributed by atoms with Crippen LogP contribution in [0.5, 0.6) is 0 Å². The average molecular weight is 261 g/mol. The molecule has 1 aliphatic heterocycles. The van der Waals surface area contributed by atoms with Gasteiger partial charge in [-0.3, -0.25) is 9.69 Å². The van der Waals surface area contributed by atoms with Crippen LogP contribution in [0.4, 0.5) is 0 Å². The lowest BCUT2D eigenvalue weighted by molar-refractivity contribution is -0.121. The Hall–Kier alpha value is -1.39. The van der Waals surface area contributed by atoms with Crippen molar-refractivity contribution in [2.24, 2.45) is 5.73 Å². The van der Waals surface area contributed by atoms with E-state index < -0.39 is 0 Å². The van der Waals surface area contributed by atoms with Gasteiger partial charge in [-0.15, -0.1) is 0 Å². The van der Waals surface area contributed by atoms with Crippen molar-refractivity contribution in [2.75, 3.05) is 26.2 Å². The number of amides is 1.